The van der Waals surface area contributed by atoms with Crippen molar-refractivity contribution in [1.29, 1.82) is 0 Å². The lowest BCUT2D eigenvalue weighted by Crippen LogP contribution is -2.45. The molecule has 6 heteroatoms. The standard InChI is InChI=1S/C19H24N4O2/c1-12-5-7-16-14(10-12)6-8-17(16)21-19(24)23-9-3-4-15(11-23)18-20-13(2)22-25-18/h5,7,10,15,17H,3-4,6,8-9,11H2,1-2H3,(H,21,24). The highest BCUT2D eigenvalue weighted by atomic mass is 16.5. The van der Waals surface area contributed by atoms with Crippen LogP contribution in [0.15, 0.2) is 22.7 Å². The Labute approximate surface area is 147 Å². The van der Waals surface area contributed by atoms with Crippen LogP contribution in [0.5, 0.6) is 0 Å². The summed E-state index contributed by atoms with van der Waals surface area (Å²) in [7, 11) is 0. The number of carbonyl (C=O) groups excluding carboxylic acids is 1. The van der Waals surface area contributed by atoms with Crippen molar-refractivity contribution in [3.63, 3.8) is 0 Å². The average Bonchev–Trinajstić information content (AvgIpc) is 3.21. The van der Waals surface area contributed by atoms with Gasteiger partial charge in [0, 0.05) is 13.1 Å². The van der Waals surface area contributed by atoms with Gasteiger partial charge in [0.15, 0.2) is 5.82 Å². The van der Waals surface area contributed by atoms with Crippen molar-refractivity contribution in [3.8, 4) is 0 Å². The smallest absolute Gasteiger partial charge is 0.317 e. The maximum atomic E-state index is 12.8. The predicted molar refractivity (Wildman–Crippen MR) is 93.4 cm³/mol. The Morgan fingerprint density at radius 1 is 1.32 bits per heavy atom. The van der Waals surface area contributed by atoms with Crippen LogP contribution in [0, 0.1) is 13.8 Å². The molecule has 2 aromatic rings. The number of benzene rings is 1. The lowest BCUT2D eigenvalue weighted by Gasteiger charge is -2.32. The number of likely N-dealkylation sites (tertiary alicyclic amines) is 1. The van der Waals surface area contributed by atoms with Crippen LogP contribution < -0.4 is 5.32 Å². The van der Waals surface area contributed by atoms with Crippen molar-refractivity contribution in [3.05, 3.63) is 46.6 Å². The van der Waals surface area contributed by atoms with Crippen molar-refractivity contribution >= 4 is 6.03 Å². The summed E-state index contributed by atoms with van der Waals surface area (Å²) in [5, 5.41) is 7.09. The largest absolute Gasteiger partial charge is 0.339 e. The van der Waals surface area contributed by atoms with E-state index < -0.39 is 0 Å². The number of aromatic nitrogens is 2. The Kier molecular flexibility index (Phi) is 4.19. The summed E-state index contributed by atoms with van der Waals surface area (Å²) in [5.41, 5.74) is 3.91. The van der Waals surface area contributed by atoms with Gasteiger partial charge >= 0.3 is 6.03 Å². The maximum absolute atomic E-state index is 12.8. The molecule has 2 unspecified atom stereocenters. The van der Waals surface area contributed by atoms with Gasteiger partial charge in [0.25, 0.3) is 0 Å². The zero-order valence-electron chi connectivity index (χ0n) is 14.8. The minimum atomic E-state index is 0.0133. The van der Waals surface area contributed by atoms with E-state index in [4.69, 9.17) is 4.52 Å². The SMILES string of the molecule is Cc1ccc2c(c1)CCC2NC(=O)N1CCCC(c2nc(C)no2)C1. The van der Waals surface area contributed by atoms with Crippen molar-refractivity contribution in [2.45, 2.75) is 51.5 Å². The minimum absolute atomic E-state index is 0.0133. The first-order valence-electron chi connectivity index (χ1n) is 9.05. The van der Waals surface area contributed by atoms with Gasteiger partial charge in [0.2, 0.25) is 5.89 Å². The van der Waals surface area contributed by atoms with E-state index in [1.165, 1.54) is 16.7 Å². The van der Waals surface area contributed by atoms with E-state index >= 15 is 0 Å². The van der Waals surface area contributed by atoms with Gasteiger partial charge in [-0.25, -0.2) is 4.79 Å². The second kappa shape index (κ2) is 6.50. The van der Waals surface area contributed by atoms with Gasteiger partial charge in [-0.1, -0.05) is 28.9 Å². The van der Waals surface area contributed by atoms with Crippen LogP contribution >= 0.6 is 0 Å². The van der Waals surface area contributed by atoms with E-state index in [0.717, 1.165) is 32.2 Å². The summed E-state index contributed by atoms with van der Waals surface area (Å²) in [6, 6.07) is 6.64. The van der Waals surface area contributed by atoms with Crippen molar-refractivity contribution in [1.82, 2.24) is 20.4 Å². The summed E-state index contributed by atoms with van der Waals surface area (Å²) >= 11 is 0. The number of carbonyl (C=O) groups is 1. The number of nitrogens with one attached hydrogen (secondary N) is 1. The molecule has 132 valence electrons. The van der Waals surface area contributed by atoms with Gasteiger partial charge in [0.05, 0.1) is 12.0 Å². The van der Waals surface area contributed by atoms with Crippen LogP contribution in [0.2, 0.25) is 0 Å². The van der Waals surface area contributed by atoms with E-state index in [2.05, 4.69) is 40.6 Å². The Balaban J connectivity index is 1.42. The molecule has 0 spiro atoms. The fraction of sp³-hybridized carbons (Fsp3) is 0.526. The second-order valence-electron chi connectivity index (χ2n) is 7.21. The zero-order chi connectivity index (χ0) is 17.4. The van der Waals surface area contributed by atoms with Gasteiger partial charge in [-0.15, -0.1) is 0 Å². The molecular formula is C19H24N4O2. The minimum Gasteiger partial charge on any atom is -0.339 e. The van der Waals surface area contributed by atoms with Gasteiger partial charge in [-0.05, 0) is 50.7 Å². The summed E-state index contributed by atoms with van der Waals surface area (Å²) in [5.74, 6) is 1.44. The molecule has 1 aliphatic heterocycles. The summed E-state index contributed by atoms with van der Waals surface area (Å²) < 4.78 is 5.30. The molecule has 4 rings (SSSR count). The van der Waals surface area contributed by atoms with Crippen LogP contribution in [0.3, 0.4) is 0 Å². The molecule has 1 N–H and O–H groups in total. The van der Waals surface area contributed by atoms with Gasteiger partial charge < -0.3 is 14.7 Å². The molecule has 1 fully saturated rings. The monoisotopic (exact) mass is 340 g/mol. The molecule has 0 saturated carbocycles. The van der Waals surface area contributed by atoms with E-state index in [1.807, 2.05) is 11.8 Å². The van der Waals surface area contributed by atoms with Crippen LogP contribution in [0.1, 0.15) is 59.6 Å². The molecule has 0 radical (unpaired) electrons. The molecule has 2 amide bonds. The number of hydrogen-bond donors (Lipinski definition) is 1. The number of urea groups is 1. The van der Waals surface area contributed by atoms with Crippen LogP contribution in [0.4, 0.5) is 4.79 Å². The van der Waals surface area contributed by atoms with E-state index in [1.54, 1.807) is 0 Å². The first kappa shape index (κ1) is 16.1. The Morgan fingerprint density at radius 3 is 3.00 bits per heavy atom. The molecule has 1 aromatic heterocycles. The van der Waals surface area contributed by atoms with Crippen LogP contribution in [-0.2, 0) is 6.42 Å². The van der Waals surface area contributed by atoms with Crippen molar-refractivity contribution < 1.29 is 9.32 Å². The first-order chi connectivity index (χ1) is 12.1. The average molecular weight is 340 g/mol. The fourth-order valence-electron chi connectivity index (χ4n) is 3.98. The normalized spacial score (nSPS) is 22.7. The topological polar surface area (TPSA) is 71.3 Å². The van der Waals surface area contributed by atoms with Crippen LogP contribution in [0.25, 0.3) is 0 Å². The molecular weight excluding hydrogens is 316 g/mol. The third kappa shape index (κ3) is 3.25. The Hall–Kier alpha value is -2.37. The summed E-state index contributed by atoms with van der Waals surface area (Å²) in [4.78, 5) is 19.0. The second-order valence-corrected chi connectivity index (χ2v) is 7.21. The molecule has 2 atom stereocenters. The van der Waals surface area contributed by atoms with Crippen molar-refractivity contribution in [2.24, 2.45) is 0 Å². The fourth-order valence-corrected chi connectivity index (χ4v) is 3.98. The van der Waals surface area contributed by atoms with Gasteiger partial charge in [0.1, 0.15) is 0 Å². The number of rotatable bonds is 2. The highest BCUT2D eigenvalue weighted by Gasteiger charge is 2.31. The predicted octanol–water partition coefficient (Wildman–Crippen LogP) is 3.26. The van der Waals surface area contributed by atoms with E-state index in [9.17, 15) is 4.79 Å². The number of hydrogen-bond acceptors (Lipinski definition) is 4. The summed E-state index contributed by atoms with van der Waals surface area (Å²) in [6.45, 7) is 5.35. The molecule has 0 bridgehead atoms. The maximum Gasteiger partial charge on any atom is 0.317 e. The number of fused-ring (bicyclic) bond motifs is 1. The van der Waals surface area contributed by atoms with E-state index in [-0.39, 0.29) is 18.0 Å². The number of amides is 2. The van der Waals surface area contributed by atoms with Crippen LogP contribution in [-0.4, -0.2) is 34.2 Å². The van der Waals surface area contributed by atoms with Crippen molar-refractivity contribution in [2.75, 3.05) is 13.1 Å². The third-order valence-corrected chi connectivity index (χ3v) is 5.28. The zero-order valence-corrected chi connectivity index (χ0v) is 14.8. The third-order valence-electron chi connectivity index (χ3n) is 5.28. The Bertz CT molecular complexity index is 785. The van der Waals surface area contributed by atoms with Gasteiger partial charge in [-0.2, -0.15) is 4.98 Å². The van der Waals surface area contributed by atoms with E-state index in [0.29, 0.717) is 18.3 Å². The first-order valence-corrected chi connectivity index (χ1v) is 9.05. The molecule has 25 heavy (non-hydrogen) atoms. The Morgan fingerprint density at radius 2 is 2.20 bits per heavy atom. The lowest BCUT2D eigenvalue weighted by molar-refractivity contribution is 0.168. The molecule has 1 aliphatic carbocycles. The lowest BCUT2D eigenvalue weighted by atomic mass is 9.98. The highest BCUT2D eigenvalue weighted by Crippen LogP contribution is 2.32. The number of nitrogens with zero attached hydrogens (tertiary/aromatic N) is 3. The summed E-state index contributed by atoms with van der Waals surface area (Å²) in [6.07, 6.45) is 3.95. The quantitative estimate of drug-likeness (QED) is 0.911. The molecule has 6 nitrogen and oxygen atoms in total. The number of piperidine rings is 1. The highest BCUT2D eigenvalue weighted by molar-refractivity contribution is 5.75. The molecule has 2 aliphatic rings. The van der Waals surface area contributed by atoms with Gasteiger partial charge in [-0.3, -0.25) is 0 Å². The molecule has 2 heterocycles. The molecule has 1 aromatic carbocycles. The molecule has 1 saturated heterocycles. The number of aryl methyl sites for hydroxylation is 3.